The molecule has 0 amide bonds. The van der Waals surface area contributed by atoms with E-state index in [9.17, 15) is 4.79 Å². The molecule has 0 aliphatic rings. The summed E-state index contributed by atoms with van der Waals surface area (Å²) in [5.74, 6) is 1.23. The van der Waals surface area contributed by atoms with E-state index in [2.05, 4.69) is 27.2 Å². The van der Waals surface area contributed by atoms with E-state index in [4.69, 9.17) is 0 Å². The van der Waals surface area contributed by atoms with Crippen LogP contribution in [0.2, 0.25) is 0 Å². The molecule has 2 aromatic carbocycles. The van der Waals surface area contributed by atoms with Crippen molar-refractivity contribution >= 4 is 23.2 Å². The molecule has 0 aliphatic heterocycles. The van der Waals surface area contributed by atoms with Crippen LogP contribution in [0.3, 0.4) is 0 Å². The molecule has 3 rings (SSSR count). The number of ketones is 1. The van der Waals surface area contributed by atoms with Crippen molar-refractivity contribution in [2.75, 3.05) is 17.2 Å². The zero-order valence-corrected chi connectivity index (χ0v) is 14.6. The second kappa shape index (κ2) is 8.07. The van der Waals surface area contributed by atoms with Crippen LogP contribution in [0.25, 0.3) is 11.3 Å². The van der Waals surface area contributed by atoms with Gasteiger partial charge in [-0.1, -0.05) is 36.4 Å². The van der Waals surface area contributed by atoms with E-state index in [1.54, 1.807) is 25.1 Å². The topological polar surface area (TPSA) is 66.9 Å². The number of rotatable bonds is 7. The minimum Gasteiger partial charge on any atom is -0.366 e. The van der Waals surface area contributed by atoms with Crippen LogP contribution in [0.5, 0.6) is 0 Å². The molecule has 0 saturated heterocycles. The van der Waals surface area contributed by atoms with E-state index in [1.807, 2.05) is 48.5 Å². The molecule has 0 saturated carbocycles. The number of benzene rings is 2. The van der Waals surface area contributed by atoms with Crippen LogP contribution in [0.1, 0.15) is 17.3 Å². The van der Waals surface area contributed by atoms with Gasteiger partial charge in [0, 0.05) is 29.4 Å². The number of carbonyl (C=O) groups excluding carboxylic acids is 1. The quantitative estimate of drug-likeness (QED) is 0.481. The van der Waals surface area contributed by atoms with Crippen LogP contribution < -0.4 is 10.6 Å². The van der Waals surface area contributed by atoms with Gasteiger partial charge in [0.25, 0.3) is 0 Å². The van der Waals surface area contributed by atoms with Crippen LogP contribution in [0.15, 0.2) is 73.3 Å². The van der Waals surface area contributed by atoms with Gasteiger partial charge in [-0.3, -0.25) is 4.79 Å². The second-order valence-electron chi connectivity index (χ2n) is 5.76. The Hall–Kier alpha value is -3.47. The highest BCUT2D eigenvalue weighted by Gasteiger charge is 2.07. The van der Waals surface area contributed by atoms with Crippen molar-refractivity contribution in [3.63, 3.8) is 0 Å². The lowest BCUT2D eigenvalue weighted by Gasteiger charge is -2.11. The van der Waals surface area contributed by atoms with E-state index in [-0.39, 0.29) is 5.78 Å². The summed E-state index contributed by atoms with van der Waals surface area (Å²) >= 11 is 0. The standard InChI is InChI=1S/C21H20N4O/c1-3-13-22-20-14-19(17-7-5-4-6-8-17)24-21(25-20)23-18-11-9-16(10-12-18)15(2)26/h3-12,14H,1,13H2,2H3,(H2,22,23,24,25). The van der Waals surface area contributed by atoms with E-state index < -0.39 is 0 Å². The molecule has 0 fully saturated rings. The maximum atomic E-state index is 11.4. The van der Waals surface area contributed by atoms with E-state index >= 15 is 0 Å². The molecule has 0 bridgehead atoms. The van der Waals surface area contributed by atoms with Crippen molar-refractivity contribution in [2.45, 2.75) is 6.92 Å². The Kier molecular flexibility index (Phi) is 5.39. The van der Waals surface area contributed by atoms with Gasteiger partial charge in [0.2, 0.25) is 5.95 Å². The summed E-state index contributed by atoms with van der Waals surface area (Å²) in [5, 5.41) is 6.40. The number of aromatic nitrogens is 2. The van der Waals surface area contributed by atoms with E-state index in [1.165, 1.54) is 0 Å². The first kappa shape index (κ1) is 17.4. The first-order valence-electron chi connectivity index (χ1n) is 8.33. The smallest absolute Gasteiger partial charge is 0.229 e. The molecule has 26 heavy (non-hydrogen) atoms. The van der Waals surface area contributed by atoms with Crippen LogP contribution in [0, 0.1) is 0 Å². The zero-order chi connectivity index (χ0) is 18.4. The molecule has 0 spiro atoms. The molecule has 0 aliphatic carbocycles. The Morgan fingerprint density at radius 2 is 1.81 bits per heavy atom. The maximum absolute atomic E-state index is 11.4. The average molecular weight is 344 g/mol. The number of nitrogens with zero attached hydrogens (tertiary/aromatic N) is 2. The fourth-order valence-electron chi connectivity index (χ4n) is 2.44. The van der Waals surface area contributed by atoms with Gasteiger partial charge in [-0.25, -0.2) is 4.98 Å². The predicted molar refractivity (Wildman–Crippen MR) is 106 cm³/mol. The van der Waals surface area contributed by atoms with Crippen molar-refractivity contribution < 1.29 is 4.79 Å². The summed E-state index contributed by atoms with van der Waals surface area (Å²) in [4.78, 5) is 20.5. The van der Waals surface area contributed by atoms with Crippen molar-refractivity contribution in [1.29, 1.82) is 0 Å². The molecule has 2 N–H and O–H groups in total. The Bertz CT molecular complexity index is 905. The minimum absolute atomic E-state index is 0.0368. The van der Waals surface area contributed by atoms with Crippen LogP contribution >= 0.6 is 0 Å². The normalized spacial score (nSPS) is 10.2. The van der Waals surface area contributed by atoms with Crippen molar-refractivity contribution in [3.05, 3.63) is 78.9 Å². The third-order valence-corrected chi connectivity index (χ3v) is 3.77. The van der Waals surface area contributed by atoms with Gasteiger partial charge in [0.1, 0.15) is 5.82 Å². The lowest BCUT2D eigenvalue weighted by atomic mass is 10.1. The summed E-state index contributed by atoms with van der Waals surface area (Å²) in [6, 6.07) is 19.1. The molecule has 1 heterocycles. The lowest BCUT2D eigenvalue weighted by Crippen LogP contribution is -2.05. The molecule has 130 valence electrons. The number of hydrogen-bond acceptors (Lipinski definition) is 5. The van der Waals surface area contributed by atoms with Gasteiger partial charge in [-0.15, -0.1) is 6.58 Å². The van der Waals surface area contributed by atoms with Crippen molar-refractivity contribution in [3.8, 4) is 11.3 Å². The highest BCUT2D eigenvalue weighted by atomic mass is 16.1. The molecule has 0 atom stereocenters. The number of carbonyl (C=O) groups is 1. The maximum Gasteiger partial charge on any atom is 0.229 e. The molecule has 5 heteroatoms. The summed E-state index contributed by atoms with van der Waals surface area (Å²) in [6.07, 6.45) is 1.78. The second-order valence-corrected chi connectivity index (χ2v) is 5.76. The van der Waals surface area contributed by atoms with Crippen molar-refractivity contribution in [1.82, 2.24) is 9.97 Å². The Balaban J connectivity index is 1.91. The van der Waals surface area contributed by atoms with Gasteiger partial charge in [-0.05, 0) is 31.2 Å². The van der Waals surface area contributed by atoms with Gasteiger partial charge < -0.3 is 10.6 Å². The third-order valence-electron chi connectivity index (χ3n) is 3.77. The summed E-state index contributed by atoms with van der Waals surface area (Å²) < 4.78 is 0. The SMILES string of the molecule is C=CCNc1cc(-c2ccccc2)nc(Nc2ccc(C(C)=O)cc2)n1. The molecule has 1 aromatic heterocycles. The Morgan fingerprint density at radius 3 is 2.46 bits per heavy atom. The summed E-state index contributed by atoms with van der Waals surface area (Å²) in [6.45, 7) is 5.88. The minimum atomic E-state index is 0.0368. The van der Waals surface area contributed by atoms with E-state index in [0.29, 0.717) is 23.9 Å². The molecule has 5 nitrogen and oxygen atoms in total. The summed E-state index contributed by atoms with van der Waals surface area (Å²) in [5.41, 5.74) is 3.30. The first-order chi connectivity index (χ1) is 12.7. The number of nitrogens with one attached hydrogen (secondary N) is 2. The zero-order valence-electron chi connectivity index (χ0n) is 14.6. The van der Waals surface area contributed by atoms with Gasteiger partial charge in [-0.2, -0.15) is 4.98 Å². The predicted octanol–water partition coefficient (Wildman–Crippen LogP) is 4.69. The molecular weight excluding hydrogens is 324 g/mol. The van der Waals surface area contributed by atoms with Crippen molar-refractivity contribution in [2.24, 2.45) is 0 Å². The third kappa shape index (κ3) is 4.33. The van der Waals surface area contributed by atoms with E-state index in [0.717, 1.165) is 16.9 Å². The average Bonchev–Trinajstić information content (AvgIpc) is 2.67. The van der Waals surface area contributed by atoms with Gasteiger partial charge in [0.05, 0.1) is 5.69 Å². The van der Waals surface area contributed by atoms with Crippen LogP contribution in [-0.4, -0.2) is 22.3 Å². The Labute approximate surface area is 152 Å². The number of hydrogen-bond donors (Lipinski definition) is 2. The van der Waals surface area contributed by atoms with Gasteiger partial charge >= 0.3 is 0 Å². The van der Waals surface area contributed by atoms with Crippen LogP contribution in [0.4, 0.5) is 17.5 Å². The largest absolute Gasteiger partial charge is 0.366 e. The fraction of sp³-hybridized carbons (Fsp3) is 0.0952. The highest BCUT2D eigenvalue weighted by Crippen LogP contribution is 2.23. The first-order valence-corrected chi connectivity index (χ1v) is 8.33. The highest BCUT2D eigenvalue weighted by molar-refractivity contribution is 5.94. The molecule has 0 unspecified atom stereocenters. The lowest BCUT2D eigenvalue weighted by molar-refractivity contribution is 0.101. The van der Waals surface area contributed by atoms with Crippen LogP contribution in [-0.2, 0) is 0 Å². The van der Waals surface area contributed by atoms with Gasteiger partial charge in [0.15, 0.2) is 5.78 Å². The Morgan fingerprint density at radius 1 is 1.08 bits per heavy atom. The molecular formula is C21H20N4O. The monoisotopic (exact) mass is 344 g/mol. The summed E-state index contributed by atoms with van der Waals surface area (Å²) in [7, 11) is 0. The molecule has 3 aromatic rings. The fourth-order valence-corrected chi connectivity index (χ4v) is 2.44. The number of Topliss-reactive ketones (excluding diaryl/α,β-unsaturated/α-hetero) is 1. The molecule has 0 radical (unpaired) electrons. The number of anilines is 3.